The average molecular weight is 530 g/mol. The largest absolute Gasteiger partial charge is 0.356 e. The lowest BCUT2D eigenvalue weighted by Gasteiger charge is -2.33. The van der Waals surface area contributed by atoms with E-state index >= 15 is 0 Å². The van der Waals surface area contributed by atoms with Gasteiger partial charge in [-0.3, -0.25) is 4.99 Å². The number of guanidine groups is 1. The summed E-state index contributed by atoms with van der Waals surface area (Å²) in [7, 11) is -1.68. The van der Waals surface area contributed by atoms with E-state index in [0.29, 0.717) is 29.3 Å². The highest BCUT2D eigenvalue weighted by atomic mass is 127. The van der Waals surface area contributed by atoms with Gasteiger partial charge in [0, 0.05) is 39.3 Å². The molecule has 1 atom stereocenters. The summed E-state index contributed by atoms with van der Waals surface area (Å²) in [5.41, 5.74) is 0. The number of hydrogen-bond acceptors (Lipinski definition) is 5. The predicted molar refractivity (Wildman–Crippen MR) is 124 cm³/mol. The van der Waals surface area contributed by atoms with Gasteiger partial charge < -0.3 is 15.5 Å². The van der Waals surface area contributed by atoms with Crippen LogP contribution in [-0.4, -0.2) is 65.1 Å². The number of sulfonamides is 1. The van der Waals surface area contributed by atoms with E-state index in [1.807, 2.05) is 0 Å². The molecule has 0 bridgehead atoms. The van der Waals surface area contributed by atoms with Gasteiger partial charge in [0.05, 0.1) is 0 Å². The maximum atomic E-state index is 12.0. The minimum Gasteiger partial charge on any atom is -0.356 e. The van der Waals surface area contributed by atoms with Gasteiger partial charge in [-0.05, 0) is 44.2 Å². The number of halogens is 1. The van der Waals surface area contributed by atoms with Gasteiger partial charge in [0.15, 0.2) is 5.96 Å². The van der Waals surface area contributed by atoms with E-state index in [-0.39, 0.29) is 24.0 Å². The van der Waals surface area contributed by atoms with E-state index in [1.54, 1.807) is 24.6 Å². The standard InChI is InChI=1S/C17H31N5O2S2.HI/c1-15-7-3-4-12-22(15)13-6-9-19-17(18-2)20-10-11-21-26(23,24)16-8-5-14-25-16;/h5,8,14-15,21H,3-4,6-7,9-13H2,1-2H3,(H2,18,19,20);1H. The van der Waals surface area contributed by atoms with Gasteiger partial charge >= 0.3 is 0 Å². The normalized spacial score (nSPS) is 18.7. The van der Waals surface area contributed by atoms with Gasteiger partial charge in [0.2, 0.25) is 10.0 Å². The van der Waals surface area contributed by atoms with Crippen LogP contribution in [0.25, 0.3) is 0 Å². The summed E-state index contributed by atoms with van der Waals surface area (Å²) in [6.45, 7) is 6.26. The molecule has 0 radical (unpaired) electrons. The Hall–Kier alpha value is -0.430. The fourth-order valence-corrected chi connectivity index (χ4v) is 5.12. The highest BCUT2D eigenvalue weighted by Gasteiger charge is 2.17. The first-order chi connectivity index (χ1) is 12.5. The number of nitrogens with zero attached hydrogens (tertiary/aromatic N) is 2. The number of aliphatic imine (C=N–C) groups is 1. The summed E-state index contributed by atoms with van der Waals surface area (Å²) in [6, 6.07) is 4.02. The van der Waals surface area contributed by atoms with Crippen LogP contribution < -0.4 is 15.4 Å². The van der Waals surface area contributed by atoms with E-state index in [0.717, 1.165) is 19.5 Å². The van der Waals surface area contributed by atoms with E-state index in [9.17, 15) is 8.42 Å². The molecule has 2 rings (SSSR count). The molecule has 7 nitrogen and oxygen atoms in total. The second kappa shape index (κ2) is 12.9. The van der Waals surface area contributed by atoms with E-state index < -0.39 is 10.0 Å². The van der Waals surface area contributed by atoms with Crippen LogP contribution in [0.2, 0.25) is 0 Å². The molecule has 1 aromatic rings. The van der Waals surface area contributed by atoms with Crippen LogP contribution >= 0.6 is 35.3 Å². The van der Waals surface area contributed by atoms with Crippen molar-refractivity contribution in [3.05, 3.63) is 17.5 Å². The monoisotopic (exact) mass is 529 g/mol. The first-order valence-electron chi connectivity index (χ1n) is 9.24. The molecule has 0 saturated carbocycles. The molecule has 1 aromatic heterocycles. The zero-order valence-corrected chi connectivity index (χ0v) is 20.1. The lowest BCUT2D eigenvalue weighted by molar-refractivity contribution is 0.159. The number of thiophene rings is 1. The summed E-state index contributed by atoms with van der Waals surface area (Å²) < 4.78 is 27.0. The Kier molecular flexibility index (Phi) is 11.8. The van der Waals surface area contributed by atoms with Gasteiger partial charge in [0.25, 0.3) is 0 Å². The van der Waals surface area contributed by atoms with Crippen molar-refractivity contribution in [2.45, 2.75) is 42.9 Å². The molecule has 1 unspecified atom stereocenters. The molecular formula is C17H32IN5O2S2. The number of piperidine rings is 1. The maximum Gasteiger partial charge on any atom is 0.250 e. The highest BCUT2D eigenvalue weighted by molar-refractivity contribution is 14.0. The van der Waals surface area contributed by atoms with Crippen molar-refractivity contribution in [1.82, 2.24) is 20.3 Å². The Labute approximate surface area is 184 Å². The second-order valence-electron chi connectivity index (χ2n) is 6.49. The van der Waals surface area contributed by atoms with Crippen LogP contribution in [0.3, 0.4) is 0 Å². The van der Waals surface area contributed by atoms with Crippen LogP contribution in [-0.2, 0) is 10.0 Å². The number of likely N-dealkylation sites (tertiary alicyclic amines) is 1. The van der Waals surface area contributed by atoms with E-state index in [1.165, 1.54) is 37.1 Å². The molecule has 1 aliphatic rings. The zero-order valence-electron chi connectivity index (χ0n) is 16.1. The quantitative estimate of drug-likeness (QED) is 0.198. The van der Waals surface area contributed by atoms with Crippen molar-refractivity contribution in [1.29, 1.82) is 0 Å². The molecule has 1 aliphatic heterocycles. The first-order valence-corrected chi connectivity index (χ1v) is 11.6. The smallest absolute Gasteiger partial charge is 0.250 e. The Morgan fingerprint density at radius 3 is 2.74 bits per heavy atom. The summed E-state index contributed by atoms with van der Waals surface area (Å²) in [6.07, 6.45) is 5.03. The third kappa shape index (κ3) is 8.63. The van der Waals surface area contributed by atoms with Gasteiger partial charge in [-0.15, -0.1) is 35.3 Å². The van der Waals surface area contributed by atoms with Crippen molar-refractivity contribution in [3.8, 4) is 0 Å². The summed E-state index contributed by atoms with van der Waals surface area (Å²) >= 11 is 1.21. The van der Waals surface area contributed by atoms with Crippen molar-refractivity contribution in [2.75, 3.05) is 39.8 Å². The molecule has 1 fully saturated rings. The second-order valence-corrected chi connectivity index (χ2v) is 9.43. The fourth-order valence-electron chi connectivity index (χ4n) is 3.05. The molecule has 0 aromatic carbocycles. The zero-order chi connectivity index (χ0) is 18.8. The van der Waals surface area contributed by atoms with Gasteiger partial charge in [-0.2, -0.15) is 0 Å². The van der Waals surface area contributed by atoms with Crippen LogP contribution in [0.1, 0.15) is 32.6 Å². The van der Waals surface area contributed by atoms with Crippen LogP contribution in [0, 0.1) is 0 Å². The Morgan fingerprint density at radius 1 is 1.30 bits per heavy atom. The maximum absolute atomic E-state index is 12.0. The molecule has 3 N–H and O–H groups in total. The number of hydrogen-bond donors (Lipinski definition) is 3. The molecule has 0 spiro atoms. The predicted octanol–water partition coefficient (Wildman–Crippen LogP) is 2.07. The van der Waals surface area contributed by atoms with Crippen molar-refractivity contribution in [3.63, 3.8) is 0 Å². The van der Waals surface area contributed by atoms with Crippen LogP contribution in [0.5, 0.6) is 0 Å². The van der Waals surface area contributed by atoms with Gasteiger partial charge in [-0.1, -0.05) is 12.5 Å². The summed E-state index contributed by atoms with van der Waals surface area (Å²) in [5, 5.41) is 8.18. The Bertz CT molecular complexity index is 652. The minimum atomic E-state index is -3.40. The summed E-state index contributed by atoms with van der Waals surface area (Å²) in [4.78, 5) is 6.73. The van der Waals surface area contributed by atoms with Crippen LogP contribution in [0.15, 0.2) is 26.7 Å². The molecule has 2 heterocycles. The third-order valence-electron chi connectivity index (χ3n) is 4.55. The van der Waals surface area contributed by atoms with Crippen LogP contribution in [0.4, 0.5) is 0 Å². The van der Waals surface area contributed by atoms with E-state index in [2.05, 4.69) is 32.2 Å². The topological polar surface area (TPSA) is 85.8 Å². The SMILES string of the molecule is CN=C(NCCCN1CCCCC1C)NCCNS(=O)(=O)c1cccs1.I. The minimum absolute atomic E-state index is 0. The van der Waals surface area contributed by atoms with Gasteiger partial charge in [0.1, 0.15) is 4.21 Å². The molecular weight excluding hydrogens is 497 g/mol. The average Bonchev–Trinajstić information content (AvgIpc) is 3.17. The highest BCUT2D eigenvalue weighted by Crippen LogP contribution is 2.16. The van der Waals surface area contributed by atoms with Crippen molar-refractivity contribution < 1.29 is 8.42 Å². The summed E-state index contributed by atoms with van der Waals surface area (Å²) in [5.74, 6) is 0.701. The van der Waals surface area contributed by atoms with E-state index in [4.69, 9.17) is 0 Å². The van der Waals surface area contributed by atoms with Crippen molar-refractivity contribution >= 4 is 51.3 Å². The molecule has 1 saturated heterocycles. The van der Waals surface area contributed by atoms with Gasteiger partial charge in [-0.25, -0.2) is 13.1 Å². The third-order valence-corrected chi connectivity index (χ3v) is 7.41. The lowest BCUT2D eigenvalue weighted by atomic mass is 10.0. The molecule has 0 amide bonds. The first kappa shape index (κ1) is 24.6. The number of nitrogens with one attached hydrogen (secondary N) is 3. The fraction of sp³-hybridized carbons (Fsp3) is 0.706. The Morgan fingerprint density at radius 2 is 2.07 bits per heavy atom. The Balaban J connectivity index is 0.00000364. The molecule has 0 aliphatic carbocycles. The lowest BCUT2D eigenvalue weighted by Crippen LogP contribution is -2.43. The molecule has 156 valence electrons. The van der Waals surface area contributed by atoms with Crippen molar-refractivity contribution in [2.24, 2.45) is 4.99 Å². The number of rotatable bonds is 9. The molecule has 10 heteroatoms. The molecule has 27 heavy (non-hydrogen) atoms.